The summed E-state index contributed by atoms with van der Waals surface area (Å²) in [6.07, 6.45) is -2.19. The lowest BCUT2D eigenvalue weighted by atomic mass is 9.90. The summed E-state index contributed by atoms with van der Waals surface area (Å²) in [4.78, 5) is 13.0. The molecule has 1 aromatic heterocycles. The molecule has 34 heavy (non-hydrogen) atoms. The van der Waals surface area contributed by atoms with Gasteiger partial charge in [-0.05, 0) is 69.2 Å². The van der Waals surface area contributed by atoms with E-state index in [1.807, 2.05) is 37.7 Å². The summed E-state index contributed by atoms with van der Waals surface area (Å²) >= 11 is 0. The van der Waals surface area contributed by atoms with Gasteiger partial charge in [-0.3, -0.25) is 14.8 Å². The van der Waals surface area contributed by atoms with Crippen molar-refractivity contribution in [2.24, 2.45) is 0 Å². The van der Waals surface area contributed by atoms with E-state index in [1.54, 1.807) is 6.07 Å². The summed E-state index contributed by atoms with van der Waals surface area (Å²) in [5.41, 5.74) is 0.724. The second-order valence-electron chi connectivity index (χ2n) is 9.51. The van der Waals surface area contributed by atoms with Crippen molar-refractivity contribution in [1.29, 1.82) is 0 Å². The number of amides is 1. The summed E-state index contributed by atoms with van der Waals surface area (Å²) in [6, 6.07) is 11.4. The van der Waals surface area contributed by atoms with E-state index in [-0.39, 0.29) is 17.4 Å². The number of rotatable bonds is 4. The SMILES string of the molecule is CC(C)(C)n1ccc(C2C[C@@H](C(=O)Nc3cccc(F)c3)N[C@H]2c2ccc(C(F)(F)F)cc2)n1. The van der Waals surface area contributed by atoms with Gasteiger partial charge in [0, 0.05) is 23.8 Å². The van der Waals surface area contributed by atoms with Gasteiger partial charge in [0.05, 0.1) is 22.8 Å². The number of hydrogen-bond donors (Lipinski definition) is 2. The molecule has 180 valence electrons. The van der Waals surface area contributed by atoms with Gasteiger partial charge < -0.3 is 5.32 Å². The number of anilines is 1. The first-order chi connectivity index (χ1) is 15.9. The lowest BCUT2D eigenvalue weighted by molar-refractivity contribution is -0.137. The number of carbonyl (C=O) groups is 1. The van der Waals surface area contributed by atoms with Crippen molar-refractivity contribution in [3.05, 3.63) is 83.4 Å². The number of aromatic nitrogens is 2. The summed E-state index contributed by atoms with van der Waals surface area (Å²) in [5, 5.41) is 10.7. The van der Waals surface area contributed by atoms with Crippen LogP contribution in [0.15, 0.2) is 60.8 Å². The molecule has 1 aliphatic heterocycles. The zero-order valence-electron chi connectivity index (χ0n) is 19.0. The Hall–Kier alpha value is -3.20. The van der Waals surface area contributed by atoms with Crippen molar-refractivity contribution >= 4 is 11.6 Å². The minimum atomic E-state index is -4.43. The summed E-state index contributed by atoms with van der Waals surface area (Å²) in [6.45, 7) is 6.04. The van der Waals surface area contributed by atoms with Crippen LogP contribution in [0, 0.1) is 5.82 Å². The highest BCUT2D eigenvalue weighted by molar-refractivity contribution is 5.95. The minimum Gasteiger partial charge on any atom is -0.325 e. The molecule has 1 amide bonds. The first-order valence-corrected chi connectivity index (χ1v) is 11.0. The fourth-order valence-corrected chi connectivity index (χ4v) is 4.18. The Morgan fingerprint density at radius 2 is 1.79 bits per heavy atom. The summed E-state index contributed by atoms with van der Waals surface area (Å²) in [5.74, 6) is -1.06. The normalized spacial score (nSPS) is 21.0. The molecule has 3 aromatic rings. The Labute approximate surface area is 195 Å². The predicted octanol–water partition coefficient (Wildman–Crippen LogP) is 5.62. The molecule has 0 saturated carbocycles. The number of nitrogens with zero attached hydrogens (tertiary/aromatic N) is 2. The van der Waals surface area contributed by atoms with Gasteiger partial charge in [-0.1, -0.05) is 18.2 Å². The molecule has 9 heteroatoms. The number of carbonyl (C=O) groups excluding carboxylic acids is 1. The van der Waals surface area contributed by atoms with Gasteiger partial charge in [0.25, 0.3) is 0 Å². The van der Waals surface area contributed by atoms with Crippen LogP contribution in [0.3, 0.4) is 0 Å². The molecule has 2 heterocycles. The second kappa shape index (κ2) is 8.87. The molecule has 3 atom stereocenters. The van der Waals surface area contributed by atoms with E-state index >= 15 is 0 Å². The standard InChI is InChI=1S/C25H26F4N4O/c1-24(2,3)33-12-11-20(32-33)19-14-21(23(34)30-18-6-4-5-17(26)13-18)31-22(19)15-7-9-16(10-8-15)25(27,28)29/h4-13,19,21-22,31H,14H2,1-3H3,(H,30,34)/t19?,21-,22-/m0/s1. The number of benzene rings is 2. The maximum atomic E-state index is 13.5. The zero-order chi connectivity index (χ0) is 24.7. The number of halogens is 4. The van der Waals surface area contributed by atoms with Gasteiger partial charge in [-0.25, -0.2) is 4.39 Å². The van der Waals surface area contributed by atoms with Crippen LogP contribution in [0.25, 0.3) is 0 Å². The molecule has 1 aliphatic rings. The van der Waals surface area contributed by atoms with Crippen LogP contribution < -0.4 is 10.6 Å². The van der Waals surface area contributed by atoms with Crippen molar-refractivity contribution < 1.29 is 22.4 Å². The van der Waals surface area contributed by atoms with Crippen molar-refractivity contribution in [3.8, 4) is 0 Å². The smallest absolute Gasteiger partial charge is 0.325 e. The molecule has 4 rings (SSSR count). The van der Waals surface area contributed by atoms with Crippen molar-refractivity contribution in [1.82, 2.24) is 15.1 Å². The van der Waals surface area contributed by atoms with Crippen LogP contribution >= 0.6 is 0 Å². The van der Waals surface area contributed by atoms with Crippen LogP contribution in [0.5, 0.6) is 0 Å². The maximum absolute atomic E-state index is 13.5. The molecule has 5 nitrogen and oxygen atoms in total. The van der Waals surface area contributed by atoms with Crippen molar-refractivity contribution in [3.63, 3.8) is 0 Å². The fraction of sp³-hybridized carbons (Fsp3) is 0.360. The predicted molar refractivity (Wildman–Crippen MR) is 121 cm³/mol. The van der Waals surface area contributed by atoms with E-state index in [9.17, 15) is 22.4 Å². The Kier molecular flexibility index (Phi) is 6.24. The lowest BCUT2D eigenvalue weighted by Crippen LogP contribution is -2.36. The average Bonchev–Trinajstić information content (AvgIpc) is 3.41. The Morgan fingerprint density at radius 3 is 2.38 bits per heavy atom. The van der Waals surface area contributed by atoms with Crippen LogP contribution in [0.2, 0.25) is 0 Å². The van der Waals surface area contributed by atoms with Crippen molar-refractivity contribution in [2.45, 2.75) is 56.9 Å². The molecule has 0 bridgehead atoms. The molecular weight excluding hydrogens is 448 g/mol. The van der Waals surface area contributed by atoms with E-state index in [1.165, 1.54) is 30.3 Å². The van der Waals surface area contributed by atoms with Gasteiger partial charge in [-0.2, -0.15) is 18.3 Å². The van der Waals surface area contributed by atoms with Gasteiger partial charge in [0.15, 0.2) is 0 Å². The summed E-state index contributed by atoms with van der Waals surface area (Å²) < 4.78 is 54.5. The second-order valence-corrected chi connectivity index (χ2v) is 9.51. The monoisotopic (exact) mass is 474 g/mol. The molecule has 1 fully saturated rings. The third kappa shape index (κ3) is 5.14. The topological polar surface area (TPSA) is 59.0 Å². The maximum Gasteiger partial charge on any atom is 0.416 e. The molecule has 0 spiro atoms. The Balaban J connectivity index is 1.62. The third-order valence-corrected chi connectivity index (χ3v) is 5.96. The van der Waals surface area contributed by atoms with Gasteiger partial charge in [0.1, 0.15) is 5.82 Å². The molecule has 1 unspecified atom stereocenters. The zero-order valence-corrected chi connectivity index (χ0v) is 19.0. The average molecular weight is 475 g/mol. The molecule has 0 radical (unpaired) electrons. The molecular formula is C25H26F4N4O. The van der Waals surface area contributed by atoms with Crippen LogP contribution in [-0.2, 0) is 16.5 Å². The number of hydrogen-bond acceptors (Lipinski definition) is 3. The highest BCUT2D eigenvalue weighted by Crippen LogP contribution is 2.41. The quantitative estimate of drug-likeness (QED) is 0.483. The van der Waals surface area contributed by atoms with E-state index < -0.39 is 29.6 Å². The highest BCUT2D eigenvalue weighted by atomic mass is 19.4. The van der Waals surface area contributed by atoms with Crippen LogP contribution in [-0.4, -0.2) is 21.7 Å². The van der Waals surface area contributed by atoms with Gasteiger partial charge in [-0.15, -0.1) is 0 Å². The number of nitrogens with one attached hydrogen (secondary N) is 2. The van der Waals surface area contributed by atoms with E-state index in [0.717, 1.165) is 17.8 Å². The van der Waals surface area contributed by atoms with E-state index in [4.69, 9.17) is 5.10 Å². The van der Waals surface area contributed by atoms with Gasteiger partial charge in [0.2, 0.25) is 5.91 Å². The molecule has 2 N–H and O–H groups in total. The Morgan fingerprint density at radius 1 is 1.09 bits per heavy atom. The number of alkyl halides is 3. The molecule has 1 saturated heterocycles. The van der Waals surface area contributed by atoms with E-state index in [0.29, 0.717) is 17.7 Å². The third-order valence-electron chi connectivity index (χ3n) is 5.96. The first-order valence-electron chi connectivity index (χ1n) is 11.0. The van der Waals surface area contributed by atoms with Crippen molar-refractivity contribution in [2.75, 3.05) is 5.32 Å². The van der Waals surface area contributed by atoms with E-state index in [2.05, 4.69) is 10.6 Å². The molecule has 2 aromatic carbocycles. The summed E-state index contributed by atoms with van der Waals surface area (Å²) in [7, 11) is 0. The van der Waals surface area contributed by atoms with Crippen LogP contribution in [0.4, 0.5) is 23.2 Å². The molecule has 0 aliphatic carbocycles. The van der Waals surface area contributed by atoms with Gasteiger partial charge >= 0.3 is 6.18 Å². The first kappa shape index (κ1) is 23.9. The Bertz CT molecular complexity index is 1160. The highest BCUT2D eigenvalue weighted by Gasteiger charge is 2.41. The largest absolute Gasteiger partial charge is 0.416 e. The lowest BCUT2D eigenvalue weighted by Gasteiger charge is -2.21. The minimum absolute atomic E-state index is 0.247. The van der Waals surface area contributed by atoms with Crippen LogP contribution in [0.1, 0.15) is 56.0 Å². The fourth-order valence-electron chi connectivity index (χ4n) is 4.18.